The third-order valence-corrected chi connectivity index (χ3v) is 5.81. The van der Waals surface area contributed by atoms with E-state index in [0.29, 0.717) is 0 Å². The van der Waals surface area contributed by atoms with Gasteiger partial charge < -0.3 is 10.0 Å². The Hall–Kier alpha value is -2.38. The summed E-state index contributed by atoms with van der Waals surface area (Å²) in [4.78, 5) is 13.2. The molecule has 25 heavy (non-hydrogen) atoms. The molecule has 0 bridgehead atoms. The standard InChI is InChI=1S/C18H20N2O4S/c1-2-20-10-9-15-11-13(3-8-17(15)20)12-19-25(23,24)16-6-4-14(5-7-16)18(21)22/h3-8,11,19H,2,9-10,12H2,1H3,(H,21,22). The highest BCUT2D eigenvalue weighted by Crippen LogP contribution is 2.28. The molecule has 0 saturated heterocycles. The number of aromatic carboxylic acids is 1. The molecule has 6 nitrogen and oxygen atoms in total. The van der Waals surface area contributed by atoms with Crippen molar-refractivity contribution in [3.05, 3.63) is 59.2 Å². The van der Waals surface area contributed by atoms with E-state index in [1.165, 1.54) is 35.5 Å². The topological polar surface area (TPSA) is 86.7 Å². The Morgan fingerprint density at radius 3 is 2.56 bits per heavy atom. The molecule has 1 heterocycles. The number of anilines is 1. The fraction of sp³-hybridized carbons (Fsp3) is 0.278. The number of likely N-dealkylation sites (N-methyl/N-ethyl adjacent to an activating group) is 1. The van der Waals surface area contributed by atoms with Gasteiger partial charge in [-0.25, -0.2) is 17.9 Å². The molecule has 2 aromatic carbocycles. The molecule has 0 aromatic heterocycles. The number of carboxylic acids is 1. The summed E-state index contributed by atoms with van der Waals surface area (Å²) >= 11 is 0. The minimum Gasteiger partial charge on any atom is -0.478 e. The Bertz CT molecular complexity index is 892. The number of nitrogens with zero attached hydrogens (tertiary/aromatic N) is 1. The van der Waals surface area contributed by atoms with Gasteiger partial charge in [0.2, 0.25) is 10.0 Å². The van der Waals surface area contributed by atoms with E-state index < -0.39 is 16.0 Å². The molecular weight excluding hydrogens is 340 g/mol. The van der Waals surface area contributed by atoms with E-state index in [0.717, 1.165) is 25.1 Å². The predicted octanol–water partition coefficient (Wildman–Crippen LogP) is 2.25. The third-order valence-electron chi connectivity index (χ3n) is 4.40. The summed E-state index contributed by atoms with van der Waals surface area (Å²) in [6, 6.07) is 11.2. The lowest BCUT2D eigenvalue weighted by molar-refractivity contribution is 0.0696. The van der Waals surface area contributed by atoms with Crippen LogP contribution in [0, 0.1) is 0 Å². The Morgan fingerprint density at radius 1 is 1.20 bits per heavy atom. The highest BCUT2D eigenvalue weighted by Gasteiger charge is 2.19. The number of hydrogen-bond acceptors (Lipinski definition) is 4. The van der Waals surface area contributed by atoms with Crippen molar-refractivity contribution in [2.75, 3.05) is 18.0 Å². The van der Waals surface area contributed by atoms with E-state index >= 15 is 0 Å². The summed E-state index contributed by atoms with van der Waals surface area (Å²) in [5.74, 6) is -1.09. The zero-order chi connectivity index (χ0) is 18.0. The first-order valence-electron chi connectivity index (χ1n) is 8.10. The monoisotopic (exact) mass is 360 g/mol. The van der Waals surface area contributed by atoms with E-state index in [4.69, 9.17) is 5.11 Å². The molecule has 0 radical (unpaired) electrons. The van der Waals surface area contributed by atoms with Crippen molar-refractivity contribution in [2.45, 2.75) is 24.8 Å². The maximum absolute atomic E-state index is 12.4. The van der Waals surface area contributed by atoms with Crippen molar-refractivity contribution in [1.29, 1.82) is 0 Å². The molecule has 0 amide bonds. The van der Waals surface area contributed by atoms with Crippen LogP contribution in [0.1, 0.15) is 28.4 Å². The van der Waals surface area contributed by atoms with Crippen LogP contribution in [-0.4, -0.2) is 32.6 Å². The Morgan fingerprint density at radius 2 is 1.92 bits per heavy atom. The predicted molar refractivity (Wildman–Crippen MR) is 95.5 cm³/mol. The average molecular weight is 360 g/mol. The summed E-state index contributed by atoms with van der Waals surface area (Å²) < 4.78 is 27.3. The van der Waals surface area contributed by atoms with E-state index in [1.807, 2.05) is 18.2 Å². The molecule has 0 saturated carbocycles. The molecule has 0 fully saturated rings. The first kappa shape index (κ1) is 17.4. The van der Waals surface area contributed by atoms with Crippen LogP contribution in [-0.2, 0) is 23.0 Å². The van der Waals surface area contributed by atoms with E-state index in [9.17, 15) is 13.2 Å². The second-order valence-corrected chi connectivity index (χ2v) is 7.71. The summed E-state index contributed by atoms with van der Waals surface area (Å²) in [6.45, 7) is 4.28. The molecule has 1 aliphatic heterocycles. The molecule has 1 aliphatic rings. The minimum atomic E-state index is -3.68. The van der Waals surface area contributed by atoms with Gasteiger partial charge in [-0.1, -0.05) is 12.1 Å². The van der Waals surface area contributed by atoms with Crippen molar-refractivity contribution in [2.24, 2.45) is 0 Å². The van der Waals surface area contributed by atoms with Crippen LogP contribution in [0.5, 0.6) is 0 Å². The summed E-state index contributed by atoms with van der Waals surface area (Å²) in [6.07, 6.45) is 0.973. The average Bonchev–Trinajstić information content (AvgIpc) is 3.02. The van der Waals surface area contributed by atoms with Crippen LogP contribution in [0.4, 0.5) is 5.69 Å². The number of sulfonamides is 1. The number of carbonyl (C=O) groups is 1. The van der Waals surface area contributed by atoms with E-state index in [1.54, 1.807) is 0 Å². The number of nitrogens with one attached hydrogen (secondary N) is 1. The van der Waals surface area contributed by atoms with Crippen molar-refractivity contribution in [3.63, 3.8) is 0 Å². The lowest BCUT2D eigenvalue weighted by atomic mass is 10.1. The van der Waals surface area contributed by atoms with Gasteiger partial charge in [0.15, 0.2) is 0 Å². The van der Waals surface area contributed by atoms with Crippen molar-refractivity contribution in [3.8, 4) is 0 Å². The van der Waals surface area contributed by atoms with Crippen LogP contribution >= 0.6 is 0 Å². The fourth-order valence-corrected chi connectivity index (χ4v) is 4.02. The first-order chi connectivity index (χ1) is 11.9. The minimum absolute atomic E-state index is 0.0517. The van der Waals surface area contributed by atoms with Gasteiger partial charge in [-0.2, -0.15) is 0 Å². The molecular formula is C18H20N2O4S. The summed E-state index contributed by atoms with van der Waals surface area (Å²) in [5, 5.41) is 8.88. The number of fused-ring (bicyclic) bond motifs is 1. The summed E-state index contributed by atoms with van der Waals surface area (Å²) in [7, 11) is -3.68. The molecule has 132 valence electrons. The Balaban J connectivity index is 1.71. The van der Waals surface area contributed by atoms with Crippen molar-refractivity contribution < 1.29 is 18.3 Å². The van der Waals surface area contributed by atoms with Crippen molar-refractivity contribution in [1.82, 2.24) is 4.72 Å². The highest BCUT2D eigenvalue weighted by atomic mass is 32.2. The van der Waals surface area contributed by atoms with Crippen LogP contribution in [0.3, 0.4) is 0 Å². The number of carboxylic acid groups (broad SMARTS) is 1. The summed E-state index contributed by atoms with van der Waals surface area (Å²) in [5.41, 5.74) is 3.42. The second-order valence-electron chi connectivity index (χ2n) is 5.95. The molecule has 0 atom stereocenters. The van der Waals surface area contributed by atoms with Gasteiger partial charge in [-0.05, 0) is 54.8 Å². The van der Waals surface area contributed by atoms with Crippen LogP contribution in [0.15, 0.2) is 47.4 Å². The van der Waals surface area contributed by atoms with Crippen LogP contribution in [0.2, 0.25) is 0 Å². The molecule has 2 N–H and O–H groups in total. The second kappa shape index (κ2) is 6.85. The van der Waals surface area contributed by atoms with E-state index in [2.05, 4.69) is 16.5 Å². The molecule has 0 unspecified atom stereocenters. The van der Waals surface area contributed by atoms with Gasteiger partial charge in [0.1, 0.15) is 0 Å². The lowest BCUT2D eigenvalue weighted by Crippen LogP contribution is -2.23. The lowest BCUT2D eigenvalue weighted by Gasteiger charge is -2.16. The van der Waals surface area contributed by atoms with Crippen LogP contribution < -0.4 is 9.62 Å². The van der Waals surface area contributed by atoms with Gasteiger partial charge in [-0.3, -0.25) is 0 Å². The normalized spacial score (nSPS) is 13.7. The largest absolute Gasteiger partial charge is 0.478 e. The number of hydrogen-bond donors (Lipinski definition) is 2. The molecule has 0 spiro atoms. The Kier molecular flexibility index (Phi) is 4.78. The fourth-order valence-electron chi connectivity index (χ4n) is 3.00. The molecule has 2 aromatic rings. The van der Waals surface area contributed by atoms with Gasteiger partial charge in [0.25, 0.3) is 0 Å². The SMILES string of the molecule is CCN1CCc2cc(CNS(=O)(=O)c3ccc(C(=O)O)cc3)ccc21. The first-order valence-corrected chi connectivity index (χ1v) is 9.59. The number of benzene rings is 2. The molecule has 0 aliphatic carbocycles. The molecule has 3 rings (SSSR count). The number of rotatable bonds is 6. The third kappa shape index (κ3) is 3.67. The van der Waals surface area contributed by atoms with Gasteiger partial charge >= 0.3 is 5.97 Å². The van der Waals surface area contributed by atoms with Crippen LogP contribution in [0.25, 0.3) is 0 Å². The Labute approximate surface area is 147 Å². The zero-order valence-corrected chi connectivity index (χ0v) is 14.7. The van der Waals surface area contributed by atoms with Gasteiger partial charge in [0.05, 0.1) is 10.5 Å². The van der Waals surface area contributed by atoms with Gasteiger partial charge in [0, 0.05) is 25.3 Å². The highest BCUT2D eigenvalue weighted by molar-refractivity contribution is 7.89. The van der Waals surface area contributed by atoms with Crippen molar-refractivity contribution >= 4 is 21.7 Å². The van der Waals surface area contributed by atoms with Gasteiger partial charge in [-0.15, -0.1) is 0 Å². The zero-order valence-electron chi connectivity index (χ0n) is 13.9. The smallest absolute Gasteiger partial charge is 0.335 e. The quantitative estimate of drug-likeness (QED) is 0.825. The molecule has 7 heteroatoms. The maximum atomic E-state index is 12.4. The van der Waals surface area contributed by atoms with E-state index in [-0.39, 0.29) is 17.0 Å². The maximum Gasteiger partial charge on any atom is 0.335 e.